The number of ether oxygens (including phenoxy) is 2. The fraction of sp³-hybridized carbons (Fsp3) is 0. The van der Waals surface area contributed by atoms with Gasteiger partial charge < -0.3 is 9.47 Å². The van der Waals surface area contributed by atoms with Gasteiger partial charge in [-0.25, -0.2) is 29.9 Å². The Bertz CT molecular complexity index is 3350. The number of hydrogen-bond acceptors (Lipinski definition) is 8. The van der Waals surface area contributed by atoms with Gasteiger partial charge >= 0.3 is 0 Å². The van der Waals surface area contributed by atoms with Crippen LogP contribution in [0.3, 0.4) is 0 Å². The molecule has 0 unspecified atom stereocenters. The van der Waals surface area contributed by atoms with Crippen LogP contribution in [0, 0.1) is 0 Å². The Morgan fingerprint density at radius 3 is 1.12 bits per heavy atom. The van der Waals surface area contributed by atoms with E-state index in [1.54, 1.807) is 37.4 Å². The topological polar surface area (TPSA) is 111 Å². The molecule has 12 aromatic rings. The molecule has 0 radical (unpaired) electrons. The van der Waals surface area contributed by atoms with Crippen molar-refractivity contribution in [2.45, 2.75) is 0 Å². The monoisotopic (exact) mass is 763 g/mol. The fourth-order valence-electron chi connectivity index (χ4n) is 8.35. The molecule has 0 atom stereocenters. The zero-order chi connectivity index (χ0) is 38.9. The van der Waals surface area contributed by atoms with Gasteiger partial charge in [0.15, 0.2) is 0 Å². The van der Waals surface area contributed by atoms with Crippen molar-refractivity contribution in [2.24, 2.45) is 0 Å². The Kier molecular flexibility index (Phi) is 7.26. The summed E-state index contributed by atoms with van der Waals surface area (Å²) in [5.41, 5.74) is 5.87. The number of aromatic nitrogens is 9. The van der Waals surface area contributed by atoms with Gasteiger partial charge in [0.25, 0.3) is 0 Å². The van der Waals surface area contributed by atoms with E-state index in [9.17, 15) is 0 Å². The molecule has 0 saturated heterocycles. The second-order valence-electron chi connectivity index (χ2n) is 14.1. The fourth-order valence-corrected chi connectivity index (χ4v) is 8.35. The van der Waals surface area contributed by atoms with Crippen LogP contribution in [0.15, 0.2) is 177 Å². The minimum Gasteiger partial charge on any atom is -0.457 e. The number of para-hydroxylation sites is 2. The lowest BCUT2D eigenvalue weighted by molar-refractivity contribution is 0.484. The summed E-state index contributed by atoms with van der Waals surface area (Å²) in [6, 6.07) is 46.9. The van der Waals surface area contributed by atoms with Crippen LogP contribution >= 0.6 is 0 Å². The first-order valence-electron chi connectivity index (χ1n) is 19.1. The van der Waals surface area contributed by atoms with Gasteiger partial charge in [0.1, 0.15) is 47.3 Å². The number of rotatable bonds is 7. The molecule has 12 rings (SSSR count). The van der Waals surface area contributed by atoms with Crippen molar-refractivity contribution in [1.29, 1.82) is 0 Å². The molecule has 0 saturated carbocycles. The van der Waals surface area contributed by atoms with Crippen LogP contribution in [0.25, 0.3) is 83.0 Å². The van der Waals surface area contributed by atoms with Crippen LogP contribution in [-0.4, -0.2) is 43.6 Å². The maximum Gasteiger partial charge on any atom is 0.234 e. The molecule has 6 aromatic carbocycles. The standard InChI is InChI=1S/C48H29N9O2/c1-3-8-40-34(6-1)36-14-10-30(24-42(36)55(40)46-18-22-49-28-53-46)58-32-12-16-38-39-17-13-33(27-45(39)57(44(38)26-32)48-51-20-5-21-52-48)59-31-11-15-37-35-7-2-4-9-41(35)56(43(37)25-31)47-19-23-50-29-54-47/h1-29H. The molecule has 11 nitrogen and oxygen atoms in total. The highest BCUT2D eigenvalue weighted by molar-refractivity contribution is 6.11. The summed E-state index contributed by atoms with van der Waals surface area (Å²) in [6.45, 7) is 0. The van der Waals surface area contributed by atoms with Gasteiger partial charge in [-0.1, -0.05) is 36.4 Å². The molecule has 0 aliphatic rings. The average molecular weight is 764 g/mol. The normalized spacial score (nSPS) is 11.7. The predicted octanol–water partition coefficient (Wildman–Crippen LogP) is 10.9. The molecule has 0 fully saturated rings. The molecule has 0 bridgehead atoms. The third kappa shape index (κ3) is 5.29. The highest BCUT2D eigenvalue weighted by atomic mass is 16.5. The first kappa shape index (κ1) is 32.8. The molecule has 6 aromatic heterocycles. The van der Waals surface area contributed by atoms with E-state index in [-0.39, 0.29) is 0 Å². The number of hydrogen-bond donors (Lipinski definition) is 0. The van der Waals surface area contributed by atoms with Gasteiger partial charge in [-0.2, -0.15) is 0 Å². The Labute approximate surface area is 335 Å². The van der Waals surface area contributed by atoms with Gasteiger partial charge in [0.05, 0.1) is 33.1 Å². The lowest BCUT2D eigenvalue weighted by Crippen LogP contribution is -2.00. The third-order valence-corrected chi connectivity index (χ3v) is 10.8. The van der Waals surface area contributed by atoms with Crippen LogP contribution in [-0.2, 0) is 0 Å². The molecule has 0 aliphatic heterocycles. The smallest absolute Gasteiger partial charge is 0.234 e. The van der Waals surface area contributed by atoms with Crippen molar-refractivity contribution in [3.8, 4) is 40.6 Å². The zero-order valence-electron chi connectivity index (χ0n) is 31.1. The highest BCUT2D eigenvalue weighted by Gasteiger charge is 2.19. The van der Waals surface area contributed by atoms with E-state index in [0.29, 0.717) is 28.9 Å². The Morgan fingerprint density at radius 1 is 0.322 bits per heavy atom. The minimum absolute atomic E-state index is 0.536. The summed E-state index contributed by atoms with van der Waals surface area (Å²) in [5, 5.41) is 6.54. The van der Waals surface area contributed by atoms with Gasteiger partial charge in [0.2, 0.25) is 5.95 Å². The van der Waals surface area contributed by atoms with Gasteiger partial charge in [0, 0.05) is 81.4 Å². The second kappa shape index (κ2) is 13.1. The van der Waals surface area contributed by atoms with Crippen molar-refractivity contribution in [1.82, 2.24) is 43.6 Å². The summed E-state index contributed by atoms with van der Waals surface area (Å²) >= 11 is 0. The van der Waals surface area contributed by atoms with Crippen molar-refractivity contribution < 1.29 is 9.47 Å². The molecule has 0 aliphatic carbocycles. The Balaban J connectivity index is 0.955. The molecule has 6 heterocycles. The summed E-state index contributed by atoms with van der Waals surface area (Å²) in [4.78, 5) is 26.8. The maximum absolute atomic E-state index is 6.63. The lowest BCUT2D eigenvalue weighted by atomic mass is 10.1. The van der Waals surface area contributed by atoms with Crippen LogP contribution in [0.4, 0.5) is 0 Å². The second-order valence-corrected chi connectivity index (χ2v) is 14.1. The molecule has 11 heteroatoms. The largest absolute Gasteiger partial charge is 0.457 e. The summed E-state index contributed by atoms with van der Waals surface area (Å²) in [6.07, 6.45) is 10.1. The van der Waals surface area contributed by atoms with Crippen LogP contribution < -0.4 is 9.47 Å². The first-order chi connectivity index (χ1) is 29.2. The van der Waals surface area contributed by atoms with Crippen LogP contribution in [0.1, 0.15) is 0 Å². The SMILES string of the molecule is c1cnc(-n2c3cc(Oc4ccc5c6ccccc6n(-c6ccncn6)c5c4)ccc3c3ccc(Oc4ccc5c6ccccc6n(-c6ccncn6)c5c4)cc32)nc1. The average Bonchev–Trinajstić information content (AvgIpc) is 3.92. The van der Waals surface area contributed by atoms with E-state index in [1.165, 1.54) is 0 Å². The number of fused-ring (bicyclic) bond motifs is 9. The maximum atomic E-state index is 6.63. The van der Waals surface area contributed by atoms with E-state index in [0.717, 1.165) is 77.1 Å². The van der Waals surface area contributed by atoms with Gasteiger partial charge in [-0.05, 0) is 78.9 Å². The minimum atomic E-state index is 0.536. The molecule has 0 spiro atoms. The molecular formula is C48H29N9O2. The number of benzene rings is 6. The van der Waals surface area contributed by atoms with E-state index in [4.69, 9.17) is 9.47 Å². The molecular weight excluding hydrogens is 735 g/mol. The Hall–Kier alpha value is -8.44. The predicted molar refractivity (Wildman–Crippen MR) is 229 cm³/mol. The summed E-state index contributed by atoms with van der Waals surface area (Å²) in [5.74, 6) is 4.84. The molecule has 59 heavy (non-hydrogen) atoms. The van der Waals surface area contributed by atoms with Crippen LogP contribution in [0.5, 0.6) is 23.0 Å². The lowest BCUT2D eigenvalue weighted by Gasteiger charge is -2.10. The van der Waals surface area contributed by atoms with Gasteiger partial charge in [-0.15, -0.1) is 0 Å². The van der Waals surface area contributed by atoms with Crippen LogP contribution in [0.2, 0.25) is 0 Å². The van der Waals surface area contributed by atoms with E-state index < -0.39 is 0 Å². The number of nitrogens with zero attached hydrogens (tertiary/aromatic N) is 9. The summed E-state index contributed by atoms with van der Waals surface area (Å²) in [7, 11) is 0. The highest BCUT2D eigenvalue weighted by Crippen LogP contribution is 2.40. The Morgan fingerprint density at radius 2 is 0.712 bits per heavy atom. The van der Waals surface area contributed by atoms with E-state index >= 15 is 0 Å². The quantitative estimate of drug-likeness (QED) is 0.158. The van der Waals surface area contributed by atoms with Crippen molar-refractivity contribution in [3.05, 3.63) is 177 Å². The third-order valence-electron chi connectivity index (χ3n) is 10.8. The van der Waals surface area contributed by atoms with Crippen molar-refractivity contribution in [3.63, 3.8) is 0 Å². The van der Waals surface area contributed by atoms with Crippen molar-refractivity contribution >= 4 is 65.4 Å². The van der Waals surface area contributed by atoms with Crippen molar-refractivity contribution in [2.75, 3.05) is 0 Å². The van der Waals surface area contributed by atoms with E-state index in [2.05, 4.69) is 116 Å². The van der Waals surface area contributed by atoms with Gasteiger partial charge in [-0.3, -0.25) is 13.7 Å². The molecule has 0 amide bonds. The molecule has 278 valence electrons. The molecule has 0 N–H and O–H groups in total. The zero-order valence-corrected chi connectivity index (χ0v) is 31.1. The van der Waals surface area contributed by atoms with E-state index in [1.807, 2.05) is 66.7 Å². The summed E-state index contributed by atoms with van der Waals surface area (Å²) < 4.78 is 19.6. The first-order valence-corrected chi connectivity index (χ1v) is 19.1.